The maximum atomic E-state index is 15.0. The summed E-state index contributed by atoms with van der Waals surface area (Å²) in [4.78, 5) is 13.2. The predicted molar refractivity (Wildman–Crippen MR) is 142 cm³/mol. The summed E-state index contributed by atoms with van der Waals surface area (Å²) in [5, 5.41) is 3.39. The van der Waals surface area contributed by atoms with E-state index < -0.39 is 28.9 Å². The van der Waals surface area contributed by atoms with Gasteiger partial charge < -0.3 is 14.8 Å². The van der Waals surface area contributed by atoms with Gasteiger partial charge in [-0.25, -0.2) is 23.7 Å². The Bertz CT molecular complexity index is 1390. The molecular formula is C28H26F3N5OS. The van der Waals surface area contributed by atoms with Gasteiger partial charge in [0.1, 0.15) is 11.5 Å². The zero-order chi connectivity index (χ0) is 26.3. The molecule has 0 bridgehead atoms. The first kappa shape index (κ1) is 26.0. The number of hydrogen-bond acceptors (Lipinski definition) is 7. The zero-order valence-corrected chi connectivity index (χ0v) is 21.3. The highest BCUT2D eigenvalue weighted by Gasteiger charge is 2.22. The molecule has 38 heavy (non-hydrogen) atoms. The molecule has 1 aliphatic heterocycles. The number of halogens is 3. The first-order valence-corrected chi connectivity index (χ1v) is 13.3. The normalized spacial score (nSPS) is 15.3. The van der Waals surface area contributed by atoms with Crippen molar-refractivity contribution in [1.29, 1.82) is 0 Å². The minimum Gasteiger partial charge on any atom is -0.435 e. The van der Waals surface area contributed by atoms with E-state index in [4.69, 9.17) is 4.74 Å². The molecule has 0 amide bonds. The number of pyridine rings is 1. The third-order valence-electron chi connectivity index (χ3n) is 6.21. The van der Waals surface area contributed by atoms with Gasteiger partial charge in [-0.05, 0) is 67.6 Å². The lowest BCUT2D eigenvalue weighted by atomic mass is 9.96. The number of hydrogen-bond donors (Lipinski definition) is 2. The second-order valence-electron chi connectivity index (χ2n) is 8.97. The maximum absolute atomic E-state index is 15.0. The average molecular weight is 538 g/mol. The van der Waals surface area contributed by atoms with Crippen molar-refractivity contribution in [2.24, 2.45) is 5.92 Å². The fraction of sp³-hybridized carbons (Fsp3) is 0.250. The van der Waals surface area contributed by atoms with Gasteiger partial charge in [-0.2, -0.15) is 4.39 Å². The van der Waals surface area contributed by atoms with E-state index in [0.717, 1.165) is 55.9 Å². The van der Waals surface area contributed by atoms with Gasteiger partial charge in [0.25, 0.3) is 0 Å². The van der Waals surface area contributed by atoms with Crippen LogP contribution >= 0.6 is 11.9 Å². The van der Waals surface area contributed by atoms with Gasteiger partial charge in [-0.1, -0.05) is 30.3 Å². The summed E-state index contributed by atoms with van der Waals surface area (Å²) in [6.07, 6.45) is 6.05. The number of nitrogens with one attached hydrogen (secondary N) is 2. The van der Waals surface area contributed by atoms with Crippen LogP contribution in [0.2, 0.25) is 0 Å². The molecule has 0 spiro atoms. The van der Waals surface area contributed by atoms with Crippen LogP contribution in [0.25, 0.3) is 11.3 Å². The minimum absolute atomic E-state index is 0.0201. The number of rotatable bonds is 9. The summed E-state index contributed by atoms with van der Waals surface area (Å²) in [6.45, 7) is 1.94. The molecule has 3 heterocycles. The Kier molecular flexibility index (Phi) is 8.40. The Morgan fingerprint density at radius 2 is 1.87 bits per heavy atom. The standard InChI is InChI=1S/C28H26F3N5OS/c29-21-15-23(25(30)26(31)27(21)36-38-17-18-6-2-1-3-7-18)37-28-20(9-5-12-34-28)22-10-13-33-24(35-22)14-19-8-4-11-32-16-19/h1-3,5-7,9-10,12-13,15,19,32,36H,4,8,11,14,16-17H2. The molecule has 1 saturated heterocycles. The van der Waals surface area contributed by atoms with Gasteiger partial charge >= 0.3 is 0 Å². The van der Waals surface area contributed by atoms with Crippen molar-refractivity contribution in [2.45, 2.75) is 25.0 Å². The Hall–Kier alpha value is -3.63. The van der Waals surface area contributed by atoms with Gasteiger partial charge in [0.2, 0.25) is 11.7 Å². The molecule has 0 aliphatic carbocycles. The number of benzene rings is 2. The lowest BCUT2D eigenvalue weighted by molar-refractivity contribution is 0.370. The van der Waals surface area contributed by atoms with Crippen LogP contribution in [0, 0.1) is 23.4 Å². The molecule has 2 aromatic carbocycles. The molecule has 1 fully saturated rings. The van der Waals surface area contributed by atoms with E-state index in [2.05, 4.69) is 25.0 Å². The Morgan fingerprint density at radius 1 is 1.00 bits per heavy atom. The van der Waals surface area contributed by atoms with Crippen molar-refractivity contribution in [2.75, 3.05) is 17.8 Å². The molecular weight excluding hydrogens is 511 g/mol. The molecule has 2 aromatic heterocycles. The van der Waals surface area contributed by atoms with Gasteiger partial charge in [-0.15, -0.1) is 0 Å². The molecule has 196 valence electrons. The first-order valence-electron chi connectivity index (χ1n) is 12.3. The second kappa shape index (κ2) is 12.3. The van der Waals surface area contributed by atoms with Crippen molar-refractivity contribution in [1.82, 2.24) is 20.3 Å². The van der Waals surface area contributed by atoms with Crippen molar-refractivity contribution < 1.29 is 17.9 Å². The highest BCUT2D eigenvalue weighted by molar-refractivity contribution is 7.99. The second-order valence-corrected chi connectivity index (χ2v) is 9.75. The topological polar surface area (TPSA) is 72.0 Å². The largest absolute Gasteiger partial charge is 0.435 e. The van der Waals surface area contributed by atoms with Crippen LogP contribution < -0.4 is 14.8 Å². The summed E-state index contributed by atoms with van der Waals surface area (Å²) in [5.74, 6) is -2.74. The molecule has 0 saturated carbocycles. The van der Waals surface area contributed by atoms with Crippen LogP contribution in [-0.4, -0.2) is 28.0 Å². The van der Waals surface area contributed by atoms with Crippen LogP contribution in [0.1, 0.15) is 24.2 Å². The first-order chi connectivity index (χ1) is 18.6. The molecule has 6 nitrogen and oxygen atoms in total. The van der Waals surface area contributed by atoms with E-state index in [1.54, 1.807) is 24.4 Å². The quantitative estimate of drug-likeness (QED) is 0.185. The molecule has 5 rings (SSSR count). The van der Waals surface area contributed by atoms with Crippen LogP contribution in [0.15, 0.2) is 67.0 Å². The van der Waals surface area contributed by atoms with Crippen LogP contribution in [0.4, 0.5) is 18.9 Å². The predicted octanol–water partition coefficient (Wildman–Crippen LogP) is 6.55. The van der Waals surface area contributed by atoms with E-state index in [-0.39, 0.29) is 5.88 Å². The Labute approximate surface area is 223 Å². The molecule has 4 aromatic rings. The maximum Gasteiger partial charge on any atom is 0.228 e. The van der Waals surface area contributed by atoms with Crippen LogP contribution in [-0.2, 0) is 12.2 Å². The highest BCUT2D eigenvalue weighted by Crippen LogP contribution is 2.36. The van der Waals surface area contributed by atoms with E-state index >= 15 is 0 Å². The van der Waals surface area contributed by atoms with E-state index in [1.807, 2.05) is 30.3 Å². The summed E-state index contributed by atoms with van der Waals surface area (Å²) >= 11 is 1.05. The van der Waals surface area contributed by atoms with Crippen molar-refractivity contribution in [3.63, 3.8) is 0 Å². The number of nitrogens with zero attached hydrogens (tertiary/aromatic N) is 3. The average Bonchev–Trinajstić information content (AvgIpc) is 2.95. The van der Waals surface area contributed by atoms with Gasteiger partial charge in [0.05, 0.1) is 11.3 Å². The molecule has 1 aliphatic rings. The highest BCUT2D eigenvalue weighted by atomic mass is 32.2. The minimum atomic E-state index is -1.37. The van der Waals surface area contributed by atoms with Crippen LogP contribution in [0.5, 0.6) is 11.6 Å². The van der Waals surface area contributed by atoms with E-state index in [0.29, 0.717) is 28.8 Å². The summed E-state index contributed by atoms with van der Waals surface area (Å²) in [5.41, 5.74) is 1.37. The summed E-state index contributed by atoms with van der Waals surface area (Å²) in [7, 11) is 0. The smallest absolute Gasteiger partial charge is 0.228 e. The van der Waals surface area contributed by atoms with E-state index in [1.165, 1.54) is 6.20 Å². The zero-order valence-electron chi connectivity index (χ0n) is 20.5. The monoisotopic (exact) mass is 537 g/mol. The number of ether oxygens (including phenoxy) is 1. The fourth-order valence-electron chi connectivity index (χ4n) is 4.28. The number of piperidine rings is 1. The van der Waals surface area contributed by atoms with Crippen LogP contribution in [0.3, 0.4) is 0 Å². The van der Waals surface area contributed by atoms with Crippen molar-refractivity contribution >= 4 is 17.6 Å². The third kappa shape index (κ3) is 6.25. The number of anilines is 1. The van der Waals surface area contributed by atoms with E-state index in [9.17, 15) is 13.2 Å². The SMILES string of the molecule is Fc1cc(Oc2ncccc2-c2ccnc(CC3CCCNC3)n2)c(F)c(F)c1NSCc1ccccc1. The third-order valence-corrected chi connectivity index (χ3v) is 7.04. The molecule has 2 N–H and O–H groups in total. The summed E-state index contributed by atoms with van der Waals surface area (Å²) in [6, 6.07) is 15.3. The van der Waals surface area contributed by atoms with Crippen molar-refractivity contribution in [3.05, 3.63) is 95.8 Å². The molecule has 0 radical (unpaired) electrons. The van der Waals surface area contributed by atoms with Gasteiger partial charge in [0.15, 0.2) is 17.4 Å². The molecule has 10 heteroatoms. The summed E-state index contributed by atoms with van der Waals surface area (Å²) < 4.78 is 52.8. The lowest BCUT2D eigenvalue weighted by Gasteiger charge is -2.22. The number of aromatic nitrogens is 3. The molecule has 1 atom stereocenters. The lowest BCUT2D eigenvalue weighted by Crippen LogP contribution is -2.31. The van der Waals surface area contributed by atoms with Gasteiger partial charge in [0, 0.05) is 30.6 Å². The molecule has 1 unspecified atom stereocenters. The Morgan fingerprint density at radius 3 is 2.68 bits per heavy atom. The Balaban J connectivity index is 1.34. The van der Waals surface area contributed by atoms with Gasteiger partial charge in [-0.3, -0.25) is 0 Å². The fourth-order valence-corrected chi connectivity index (χ4v) is 5.04. The van der Waals surface area contributed by atoms with Crippen molar-refractivity contribution in [3.8, 4) is 22.9 Å².